The quantitative estimate of drug-likeness (QED) is 0.569. The van der Waals surface area contributed by atoms with Gasteiger partial charge in [-0.3, -0.25) is 0 Å². The van der Waals surface area contributed by atoms with Gasteiger partial charge in [-0.15, -0.1) is 0 Å². The fraction of sp³-hybridized carbons (Fsp3) is 0.400. The average Bonchev–Trinajstić information content (AvgIpc) is 2.97. The Labute approximate surface area is 114 Å². The molecule has 0 bridgehead atoms. The van der Waals surface area contributed by atoms with Crippen LogP contribution < -0.4 is 4.74 Å². The second-order valence-corrected chi connectivity index (χ2v) is 10.0. The van der Waals surface area contributed by atoms with Gasteiger partial charge < -0.3 is 9.47 Å². The molecule has 82 valence electrons. The first-order valence-corrected chi connectivity index (χ1v) is 6.85. The van der Waals surface area contributed by atoms with Gasteiger partial charge in [-0.05, 0) is 17.7 Å². The van der Waals surface area contributed by atoms with E-state index in [1.165, 1.54) is 0 Å². The fourth-order valence-corrected chi connectivity index (χ4v) is 1.89. The van der Waals surface area contributed by atoms with Crippen molar-refractivity contribution in [3.63, 3.8) is 0 Å². The minimum atomic E-state index is -0.356. The SMILES string of the molecule is BrC(Br)(Br)c1ccc(OCC2CO2)cc1. The highest BCUT2D eigenvalue weighted by atomic mass is 80.0. The molecule has 1 fully saturated rings. The molecule has 2 nitrogen and oxygen atoms in total. The highest BCUT2D eigenvalue weighted by molar-refractivity contribution is 9.38. The number of rotatable bonds is 3. The van der Waals surface area contributed by atoms with E-state index in [9.17, 15) is 0 Å². The molecule has 2 rings (SSSR count). The molecule has 1 aromatic rings. The van der Waals surface area contributed by atoms with Gasteiger partial charge >= 0.3 is 0 Å². The van der Waals surface area contributed by atoms with Crippen LogP contribution in [-0.2, 0) is 6.88 Å². The van der Waals surface area contributed by atoms with Crippen molar-refractivity contribution in [2.24, 2.45) is 0 Å². The maximum atomic E-state index is 5.53. The van der Waals surface area contributed by atoms with Crippen LogP contribution in [0.3, 0.4) is 0 Å². The van der Waals surface area contributed by atoms with E-state index in [-0.39, 0.29) is 2.14 Å². The Morgan fingerprint density at radius 2 is 1.87 bits per heavy atom. The third-order valence-corrected chi connectivity index (χ3v) is 3.39. The van der Waals surface area contributed by atoms with E-state index >= 15 is 0 Å². The van der Waals surface area contributed by atoms with Crippen molar-refractivity contribution < 1.29 is 9.47 Å². The van der Waals surface area contributed by atoms with Crippen LogP contribution >= 0.6 is 47.8 Å². The molecule has 0 aliphatic carbocycles. The van der Waals surface area contributed by atoms with Crippen LogP contribution in [0.2, 0.25) is 0 Å². The van der Waals surface area contributed by atoms with Gasteiger partial charge in [-0.1, -0.05) is 59.9 Å². The van der Waals surface area contributed by atoms with Crippen LogP contribution in [0.25, 0.3) is 0 Å². The zero-order valence-corrected chi connectivity index (χ0v) is 12.5. The molecule has 0 N–H and O–H groups in total. The lowest BCUT2D eigenvalue weighted by Gasteiger charge is -2.13. The van der Waals surface area contributed by atoms with Gasteiger partial charge in [-0.25, -0.2) is 0 Å². The Morgan fingerprint density at radius 1 is 1.27 bits per heavy atom. The smallest absolute Gasteiger partial charge is 0.159 e. The summed E-state index contributed by atoms with van der Waals surface area (Å²) in [6, 6.07) is 7.86. The molecule has 1 saturated heterocycles. The summed E-state index contributed by atoms with van der Waals surface area (Å²) in [4.78, 5) is 0. The number of hydrogen-bond acceptors (Lipinski definition) is 2. The highest BCUT2D eigenvalue weighted by Gasteiger charge is 2.23. The van der Waals surface area contributed by atoms with Crippen molar-refractivity contribution in [3.8, 4) is 5.75 Å². The van der Waals surface area contributed by atoms with Crippen LogP contribution in [0, 0.1) is 0 Å². The monoisotopic (exact) mass is 398 g/mol. The van der Waals surface area contributed by atoms with E-state index in [1.807, 2.05) is 24.3 Å². The predicted octanol–water partition coefficient (Wildman–Crippen LogP) is 3.76. The molecule has 0 aromatic heterocycles. The van der Waals surface area contributed by atoms with Gasteiger partial charge in [0.05, 0.1) is 6.61 Å². The van der Waals surface area contributed by atoms with Gasteiger partial charge in [0.2, 0.25) is 0 Å². The molecular formula is C10H9Br3O2. The molecule has 0 amide bonds. The molecule has 1 atom stereocenters. The average molecular weight is 401 g/mol. The second-order valence-electron chi connectivity index (χ2n) is 3.29. The minimum absolute atomic E-state index is 0.298. The molecule has 1 aromatic carbocycles. The summed E-state index contributed by atoms with van der Waals surface area (Å²) >= 11 is 10.4. The topological polar surface area (TPSA) is 21.8 Å². The van der Waals surface area contributed by atoms with Gasteiger partial charge in [0.25, 0.3) is 0 Å². The summed E-state index contributed by atoms with van der Waals surface area (Å²) in [5.41, 5.74) is 1.08. The molecule has 1 unspecified atom stereocenters. The lowest BCUT2D eigenvalue weighted by Crippen LogP contribution is -2.04. The molecular weight excluding hydrogens is 392 g/mol. The highest BCUT2D eigenvalue weighted by Crippen LogP contribution is 2.44. The lowest BCUT2D eigenvalue weighted by molar-refractivity contribution is 0.263. The molecule has 0 radical (unpaired) electrons. The molecule has 5 heteroatoms. The van der Waals surface area contributed by atoms with E-state index in [0.29, 0.717) is 12.7 Å². The van der Waals surface area contributed by atoms with E-state index < -0.39 is 0 Å². The first-order chi connectivity index (χ1) is 7.05. The minimum Gasteiger partial charge on any atom is -0.491 e. The lowest BCUT2D eigenvalue weighted by atomic mass is 10.2. The number of ether oxygens (including phenoxy) is 2. The van der Waals surface area contributed by atoms with E-state index in [2.05, 4.69) is 47.8 Å². The Kier molecular flexibility index (Phi) is 3.75. The van der Waals surface area contributed by atoms with E-state index in [1.54, 1.807) is 0 Å². The standard InChI is InChI=1S/C10H9Br3O2/c11-10(12,13)7-1-3-8(4-2-7)14-5-9-6-15-9/h1-4,9H,5-6H2. The molecule has 0 spiro atoms. The van der Waals surface area contributed by atoms with Gasteiger partial charge in [0.1, 0.15) is 18.5 Å². The summed E-state index contributed by atoms with van der Waals surface area (Å²) in [6.07, 6.45) is 0.298. The molecule has 1 heterocycles. The Hall–Kier alpha value is 0.420. The molecule has 0 saturated carbocycles. The number of epoxide rings is 1. The third-order valence-electron chi connectivity index (χ3n) is 2.02. The van der Waals surface area contributed by atoms with Crippen molar-refractivity contribution in [1.82, 2.24) is 0 Å². The first kappa shape index (κ1) is 11.9. The number of hydrogen-bond donors (Lipinski definition) is 0. The summed E-state index contributed by atoms with van der Waals surface area (Å²) in [7, 11) is 0. The maximum absolute atomic E-state index is 5.53. The van der Waals surface area contributed by atoms with Crippen LogP contribution in [0.5, 0.6) is 5.75 Å². The third kappa shape index (κ3) is 3.73. The first-order valence-electron chi connectivity index (χ1n) is 4.47. The Balaban J connectivity index is 1.96. The maximum Gasteiger partial charge on any atom is 0.159 e. The van der Waals surface area contributed by atoms with Gasteiger partial charge in [0, 0.05) is 0 Å². The number of halogens is 3. The Morgan fingerprint density at radius 3 is 2.33 bits per heavy atom. The normalized spacial score (nSPS) is 20.1. The number of benzene rings is 1. The number of alkyl halides is 3. The molecule has 1 aliphatic rings. The zero-order valence-electron chi connectivity index (χ0n) is 7.75. The van der Waals surface area contributed by atoms with Crippen molar-refractivity contribution in [2.45, 2.75) is 8.25 Å². The van der Waals surface area contributed by atoms with Crippen molar-refractivity contribution in [1.29, 1.82) is 0 Å². The molecule has 1 aliphatic heterocycles. The largest absolute Gasteiger partial charge is 0.491 e. The van der Waals surface area contributed by atoms with Crippen LogP contribution in [0.4, 0.5) is 0 Å². The van der Waals surface area contributed by atoms with E-state index in [0.717, 1.165) is 17.9 Å². The second kappa shape index (κ2) is 4.73. The summed E-state index contributed by atoms with van der Waals surface area (Å²) in [6.45, 7) is 1.47. The van der Waals surface area contributed by atoms with Crippen molar-refractivity contribution >= 4 is 47.8 Å². The summed E-state index contributed by atoms with van der Waals surface area (Å²) in [5, 5.41) is 0. The molecule has 15 heavy (non-hydrogen) atoms. The predicted molar refractivity (Wildman–Crippen MR) is 70.1 cm³/mol. The fourth-order valence-electron chi connectivity index (χ4n) is 1.09. The van der Waals surface area contributed by atoms with Crippen LogP contribution in [-0.4, -0.2) is 19.3 Å². The van der Waals surface area contributed by atoms with Crippen LogP contribution in [0.15, 0.2) is 24.3 Å². The van der Waals surface area contributed by atoms with Crippen molar-refractivity contribution in [2.75, 3.05) is 13.2 Å². The zero-order chi connectivity index (χ0) is 10.9. The summed E-state index contributed by atoms with van der Waals surface area (Å²) in [5.74, 6) is 0.867. The van der Waals surface area contributed by atoms with Gasteiger partial charge in [-0.2, -0.15) is 0 Å². The Bertz CT molecular complexity index is 328. The van der Waals surface area contributed by atoms with Crippen LogP contribution in [0.1, 0.15) is 5.56 Å². The summed E-state index contributed by atoms with van der Waals surface area (Å²) < 4.78 is 10.2. The van der Waals surface area contributed by atoms with Crippen molar-refractivity contribution in [3.05, 3.63) is 29.8 Å². The van der Waals surface area contributed by atoms with Gasteiger partial charge in [0.15, 0.2) is 2.14 Å². The van der Waals surface area contributed by atoms with E-state index in [4.69, 9.17) is 9.47 Å².